The van der Waals surface area contributed by atoms with Crippen molar-refractivity contribution in [1.82, 2.24) is 5.32 Å². The van der Waals surface area contributed by atoms with E-state index in [9.17, 15) is 9.59 Å². The van der Waals surface area contributed by atoms with Crippen LogP contribution in [0.5, 0.6) is 0 Å². The van der Waals surface area contributed by atoms with Gasteiger partial charge in [-0.2, -0.15) is 0 Å². The van der Waals surface area contributed by atoms with E-state index >= 15 is 0 Å². The van der Waals surface area contributed by atoms with Crippen molar-refractivity contribution in [1.29, 1.82) is 0 Å². The number of furan rings is 1. The number of hydrogen-bond donors (Lipinski definition) is 2. The first kappa shape index (κ1) is 14.4. The van der Waals surface area contributed by atoms with Crippen LogP contribution >= 0.6 is 0 Å². The summed E-state index contributed by atoms with van der Waals surface area (Å²) in [5.74, 6) is -0.553. The number of carbonyl (C=O) groups excluding carboxylic acids is 1. The predicted octanol–water partition coefficient (Wildman–Crippen LogP) is 2.59. The number of carboxylic acid groups (broad SMARTS) is 1. The summed E-state index contributed by atoms with van der Waals surface area (Å²) in [5.41, 5.74) is -0.603. The molecule has 5 heteroatoms. The minimum absolute atomic E-state index is 0.0205. The molecule has 0 atom stereocenters. The second kappa shape index (κ2) is 6.41. The Hall–Kier alpha value is -2.04. The molecule has 1 amide bonds. The molecule has 0 unspecified atom stereocenters. The zero-order chi connectivity index (χ0) is 14.4. The van der Waals surface area contributed by atoms with Gasteiger partial charge in [-0.1, -0.05) is 19.3 Å². The number of aliphatic carboxylic acids is 1. The Morgan fingerprint density at radius 2 is 2.10 bits per heavy atom. The van der Waals surface area contributed by atoms with Gasteiger partial charge >= 0.3 is 5.97 Å². The molecule has 0 saturated heterocycles. The summed E-state index contributed by atoms with van der Waals surface area (Å²) in [5, 5.41) is 11.9. The van der Waals surface area contributed by atoms with Crippen molar-refractivity contribution in [2.75, 3.05) is 0 Å². The second-order valence-electron chi connectivity index (χ2n) is 5.25. The Morgan fingerprint density at radius 1 is 1.35 bits per heavy atom. The predicted molar refractivity (Wildman–Crippen MR) is 74.0 cm³/mol. The molecule has 2 rings (SSSR count). The monoisotopic (exact) mass is 277 g/mol. The van der Waals surface area contributed by atoms with Crippen LogP contribution in [0.4, 0.5) is 0 Å². The maximum Gasteiger partial charge on any atom is 0.305 e. The lowest BCUT2D eigenvalue weighted by molar-refractivity contribution is -0.139. The highest BCUT2D eigenvalue weighted by molar-refractivity contribution is 5.92. The molecule has 108 valence electrons. The lowest BCUT2D eigenvalue weighted by Gasteiger charge is -2.36. The quantitative estimate of drug-likeness (QED) is 0.811. The SMILES string of the molecule is O=C(O)CC1(NC(=O)/C=C\c2ccco2)CCCCC1. The minimum atomic E-state index is -0.873. The average Bonchev–Trinajstić information content (AvgIpc) is 2.89. The van der Waals surface area contributed by atoms with Crippen LogP contribution in [0.15, 0.2) is 28.9 Å². The van der Waals surface area contributed by atoms with Gasteiger partial charge in [0.1, 0.15) is 5.76 Å². The molecule has 20 heavy (non-hydrogen) atoms. The molecule has 1 aromatic heterocycles. The van der Waals surface area contributed by atoms with Crippen LogP contribution in [-0.2, 0) is 9.59 Å². The summed E-state index contributed by atoms with van der Waals surface area (Å²) in [4.78, 5) is 23.0. The Kier molecular flexibility index (Phi) is 4.61. The lowest BCUT2D eigenvalue weighted by Crippen LogP contribution is -2.50. The fraction of sp³-hybridized carbons (Fsp3) is 0.467. The maximum atomic E-state index is 12.0. The molecule has 2 N–H and O–H groups in total. The third-order valence-corrected chi connectivity index (χ3v) is 3.63. The van der Waals surface area contributed by atoms with Gasteiger partial charge in [0.05, 0.1) is 18.2 Å². The first-order valence-corrected chi connectivity index (χ1v) is 6.85. The van der Waals surface area contributed by atoms with Gasteiger partial charge in [-0.05, 0) is 31.1 Å². The van der Waals surface area contributed by atoms with E-state index in [0.29, 0.717) is 5.76 Å². The fourth-order valence-corrected chi connectivity index (χ4v) is 2.71. The molecule has 0 aliphatic heterocycles. The van der Waals surface area contributed by atoms with E-state index in [-0.39, 0.29) is 12.3 Å². The molecule has 1 aliphatic rings. The normalized spacial score (nSPS) is 18.0. The second-order valence-corrected chi connectivity index (χ2v) is 5.25. The molecule has 0 aromatic carbocycles. The van der Waals surface area contributed by atoms with Crippen molar-refractivity contribution in [3.05, 3.63) is 30.2 Å². The van der Waals surface area contributed by atoms with E-state index in [1.54, 1.807) is 18.2 Å². The van der Waals surface area contributed by atoms with E-state index in [1.165, 1.54) is 12.3 Å². The molecule has 1 aromatic rings. The maximum absolute atomic E-state index is 12.0. The Labute approximate surface area is 117 Å². The number of hydrogen-bond acceptors (Lipinski definition) is 3. The van der Waals surface area contributed by atoms with Crippen molar-refractivity contribution in [3.63, 3.8) is 0 Å². The summed E-state index contributed by atoms with van der Waals surface area (Å²) >= 11 is 0. The third-order valence-electron chi connectivity index (χ3n) is 3.63. The zero-order valence-electron chi connectivity index (χ0n) is 11.3. The average molecular weight is 277 g/mol. The minimum Gasteiger partial charge on any atom is -0.481 e. The molecule has 0 spiro atoms. The van der Waals surface area contributed by atoms with Gasteiger partial charge in [0.2, 0.25) is 5.91 Å². The summed E-state index contributed by atoms with van der Waals surface area (Å²) < 4.78 is 5.10. The summed E-state index contributed by atoms with van der Waals surface area (Å²) in [6.45, 7) is 0. The van der Waals surface area contributed by atoms with Crippen LogP contribution in [0, 0.1) is 0 Å². The van der Waals surface area contributed by atoms with Crippen molar-refractivity contribution in [2.24, 2.45) is 0 Å². The first-order chi connectivity index (χ1) is 9.60. The van der Waals surface area contributed by atoms with Crippen molar-refractivity contribution in [3.8, 4) is 0 Å². The molecule has 1 fully saturated rings. The molecular weight excluding hydrogens is 258 g/mol. The lowest BCUT2D eigenvalue weighted by atomic mass is 9.79. The van der Waals surface area contributed by atoms with Gasteiger partial charge in [0, 0.05) is 6.08 Å². The van der Waals surface area contributed by atoms with Crippen molar-refractivity contribution >= 4 is 18.0 Å². The molecule has 1 heterocycles. The number of nitrogens with one attached hydrogen (secondary N) is 1. The van der Waals surface area contributed by atoms with Gasteiger partial charge in [0.25, 0.3) is 0 Å². The van der Waals surface area contributed by atoms with Crippen LogP contribution in [-0.4, -0.2) is 22.5 Å². The number of carboxylic acids is 1. The fourth-order valence-electron chi connectivity index (χ4n) is 2.71. The Morgan fingerprint density at radius 3 is 2.70 bits per heavy atom. The summed E-state index contributed by atoms with van der Waals surface area (Å²) in [6, 6.07) is 3.49. The van der Waals surface area contributed by atoms with E-state index in [0.717, 1.165) is 32.1 Å². The molecule has 0 bridgehead atoms. The van der Waals surface area contributed by atoms with Crippen LogP contribution < -0.4 is 5.32 Å². The molecule has 5 nitrogen and oxygen atoms in total. The molecular formula is C15H19NO4. The van der Waals surface area contributed by atoms with Crippen molar-refractivity contribution in [2.45, 2.75) is 44.1 Å². The number of rotatable bonds is 5. The Balaban J connectivity index is 1.99. The van der Waals surface area contributed by atoms with Crippen molar-refractivity contribution < 1.29 is 19.1 Å². The van der Waals surface area contributed by atoms with Crippen LogP contribution in [0.2, 0.25) is 0 Å². The molecule has 0 radical (unpaired) electrons. The highest BCUT2D eigenvalue weighted by atomic mass is 16.4. The van der Waals surface area contributed by atoms with Crippen LogP contribution in [0.3, 0.4) is 0 Å². The highest BCUT2D eigenvalue weighted by Crippen LogP contribution is 2.31. The number of carbonyl (C=O) groups is 2. The van der Waals surface area contributed by atoms with E-state index < -0.39 is 11.5 Å². The number of amides is 1. The largest absolute Gasteiger partial charge is 0.481 e. The van der Waals surface area contributed by atoms with Gasteiger partial charge in [-0.15, -0.1) is 0 Å². The van der Waals surface area contributed by atoms with Gasteiger partial charge < -0.3 is 14.8 Å². The molecule has 1 saturated carbocycles. The van der Waals surface area contributed by atoms with E-state index in [2.05, 4.69) is 5.32 Å². The third kappa shape index (κ3) is 3.98. The van der Waals surface area contributed by atoms with Crippen LogP contribution in [0.25, 0.3) is 6.08 Å². The highest BCUT2D eigenvalue weighted by Gasteiger charge is 2.35. The smallest absolute Gasteiger partial charge is 0.305 e. The molecule has 1 aliphatic carbocycles. The Bertz CT molecular complexity index is 484. The first-order valence-electron chi connectivity index (χ1n) is 6.85. The zero-order valence-corrected chi connectivity index (χ0v) is 11.3. The van der Waals surface area contributed by atoms with Gasteiger partial charge in [-0.25, -0.2) is 0 Å². The van der Waals surface area contributed by atoms with Gasteiger partial charge in [0.15, 0.2) is 0 Å². The van der Waals surface area contributed by atoms with E-state index in [1.807, 2.05) is 0 Å². The standard InChI is InChI=1S/C15H19NO4/c17-13(7-6-12-5-4-10-20-12)16-15(11-14(18)19)8-2-1-3-9-15/h4-7,10H,1-3,8-9,11H2,(H,16,17)(H,18,19)/b7-6-. The van der Waals surface area contributed by atoms with Crippen LogP contribution in [0.1, 0.15) is 44.3 Å². The van der Waals surface area contributed by atoms with Gasteiger partial charge in [-0.3, -0.25) is 9.59 Å². The summed E-state index contributed by atoms with van der Waals surface area (Å²) in [7, 11) is 0. The topological polar surface area (TPSA) is 79.5 Å². The summed E-state index contributed by atoms with van der Waals surface area (Å²) in [6.07, 6.45) is 8.92. The van der Waals surface area contributed by atoms with E-state index in [4.69, 9.17) is 9.52 Å².